The van der Waals surface area contributed by atoms with Gasteiger partial charge in [-0.05, 0) is 40.5 Å². The zero-order chi connectivity index (χ0) is 10.9. The second-order valence-electron chi connectivity index (χ2n) is 2.56. The van der Waals surface area contributed by atoms with E-state index in [-0.39, 0.29) is 5.56 Å². The minimum absolute atomic E-state index is 0.265. The summed E-state index contributed by atoms with van der Waals surface area (Å²) in [7, 11) is 0. The first-order chi connectivity index (χ1) is 6.43. The lowest BCUT2D eigenvalue weighted by atomic mass is 10.2. The molecule has 0 bridgehead atoms. The number of alkyl halides is 2. The highest BCUT2D eigenvalue weighted by Crippen LogP contribution is 2.26. The van der Waals surface area contributed by atoms with E-state index in [1.165, 1.54) is 6.07 Å². The van der Waals surface area contributed by atoms with Gasteiger partial charge in [0.2, 0.25) is 0 Å². The zero-order valence-electron chi connectivity index (χ0n) is 7.02. The SMILES string of the molecule is Cc1nc(C(F)F)c(C(=O)Cl)cc1Br. The average molecular weight is 284 g/mol. The summed E-state index contributed by atoms with van der Waals surface area (Å²) in [5.74, 6) is 0. The van der Waals surface area contributed by atoms with Gasteiger partial charge >= 0.3 is 0 Å². The Morgan fingerprint density at radius 3 is 2.64 bits per heavy atom. The van der Waals surface area contributed by atoms with Crippen molar-refractivity contribution in [3.05, 3.63) is 27.5 Å². The number of aromatic nitrogens is 1. The molecule has 0 N–H and O–H groups in total. The van der Waals surface area contributed by atoms with Gasteiger partial charge in [0.1, 0.15) is 5.69 Å². The monoisotopic (exact) mass is 283 g/mol. The molecule has 0 radical (unpaired) electrons. The lowest BCUT2D eigenvalue weighted by Gasteiger charge is -2.06. The van der Waals surface area contributed by atoms with Gasteiger partial charge in [-0.2, -0.15) is 0 Å². The number of pyridine rings is 1. The summed E-state index contributed by atoms with van der Waals surface area (Å²) in [6.07, 6.45) is -2.81. The van der Waals surface area contributed by atoms with Crippen LogP contribution < -0.4 is 0 Å². The van der Waals surface area contributed by atoms with Crippen LogP contribution in [0, 0.1) is 6.92 Å². The maximum Gasteiger partial charge on any atom is 0.281 e. The summed E-state index contributed by atoms with van der Waals surface area (Å²) in [5.41, 5.74) is -0.452. The van der Waals surface area contributed by atoms with E-state index in [0.29, 0.717) is 10.2 Å². The third kappa shape index (κ3) is 2.27. The van der Waals surface area contributed by atoms with Crippen LogP contribution in [0.5, 0.6) is 0 Å². The van der Waals surface area contributed by atoms with Gasteiger partial charge < -0.3 is 0 Å². The Balaban J connectivity index is 3.39. The quantitative estimate of drug-likeness (QED) is 0.778. The highest BCUT2D eigenvalue weighted by Gasteiger charge is 2.20. The van der Waals surface area contributed by atoms with Crippen LogP contribution in [0.25, 0.3) is 0 Å². The van der Waals surface area contributed by atoms with Gasteiger partial charge in [0.25, 0.3) is 11.7 Å². The highest BCUT2D eigenvalue weighted by atomic mass is 79.9. The van der Waals surface area contributed by atoms with E-state index in [4.69, 9.17) is 11.6 Å². The fourth-order valence-corrected chi connectivity index (χ4v) is 1.39. The summed E-state index contributed by atoms with van der Waals surface area (Å²) in [6, 6.07) is 1.25. The molecule has 0 saturated carbocycles. The van der Waals surface area contributed by atoms with Crippen LogP contribution in [-0.4, -0.2) is 10.2 Å². The summed E-state index contributed by atoms with van der Waals surface area (Å²) in [6.45, 7) is 1.55. The lowest BCUT2D eigenvalue weighted by Crippen LogP contribution is -2.03. The second kappa shape index (κ2) is 4.31. The molecule has 0 spiro atoms. The van der Waals surface area contributed by atoms with Crippen molar-refractivity contribution in [3.8, 4) is 0 Å². The third-order valence-electron chi connectivity index (χ3n) is 1.60. The molecule has 14 heavy (non-hydrogen) atoms. The molecule has 0 amide bonds. The van der Waals surface area contributed by atoms with Crippen LogP contribution in [-0.2, 0) is 0 Å². The van der Waals surface area contributed by atoms with E-state index >= 15 is 0 Å². The predicted molar refractivity (Wildman–Crippen MR) is 51.8 cm³/mol. The van der Waals surface area contributed by atoms with Gasteiger partial charge in [-0.3, -0.25) is 9.78 Å². The fourth-order valence-electron chi connectivity index (χ4n) is 0.923. The molecule has 1 heterocycles. The Morgan fingerprint density at radius 1 is 1.64 bits per heavy atom. The molecule has 6 heteroatoms. The van der Waals surface area contributed by atoms with Crippen molar-refractivity contribution in [2.24, 2.45) is 0 Å². The van der Waals surface area contributed by atoms with E-state index < -0.39 is 17.4 Å². The van der Waals surface area contributed by atoms with E-state index in [0.717, 1.165) is 0 Å². The Labute approximate surface area is 92.4 Å². The molecular formula is C8H5BrClF2NO. The molecule has 1 rings (SSSR count). The molecule has 0 saturated heterocycles. The van der Waals surface area contributed by atoms with Crippen LogP contribution in [0.15, 0.2) is 10.5 Å². The van der Waals surface area contributed by atoms with Crippen LogP contribution in [0.3, 0.4) is 0 Å². The maximum atomic E-state index is 12.4. The van der Waals surface area contributed by atoms with Crippen molar-refractivity contribution in [1.29, 1.82) is 0 Å². The molecule has 0 aliphatic heterocycles. The molecule has 2 nitrogen and oxygen atoms in total. The van der Waals surface area contributed by atoms with Gasteiger partial charge in [-0.25, -0.2) is 8.78 Å². The number of rotatable bonds is 2. The van der Waals surface area contributed by atoms with E-state index in [1.54, 1.807) is 6.92 Å². The Kier molecular flexibility index (Phi) is 3.55. The number of carbonyl (C=O) groups excluding carboxylic acids is 1. The first-order valence-corrected chi connectivity index (χ1v) is 4.75. The largest absolute Gasteiger partial charge is 0.281 e. The van der Waals surface area contributed by atoms with Crippen LogP contribution >= 0.6 is 27.5 Å². The third-order valence-corrected chi connectivity index (χ3v) is 2.61. The van der Waals surface area contributed by atoms with Gasteiger partial charge in [0.05, 0.1) is 11.3 Å². The van der Waals surface area contributed by atoms with Crippen LogP contribution in [0.2, 0.25) is 0 Å². The smallest absolute Gasteiger partial charge is 0.276 e. The molecule has 0 atom stereocenters. The summed E-state index contributed by atoms with van der Waals surface area (Å²) < 4.78 is 25.3. The molecule has 0 fully saturated rings. The highest BCUT2D eigenvalue weighted by molar-refractivity contribution is 9.10. The number of hydrogen-bond donors (Lipinski definition) is 0. The van der Waals surface area contributed by atoms with Gasteiger partial charge in [0.15, 0.2) is 0 Å². The van der Waals surface area contributed by atoms with Crippen molar-refractivity contribution in [3.63, 3.8) is 0 Å². The fraction of sp³-hybridized carbons (Fsp3) is 0.250. The van der Waals surface area contributed by atoms with Crippen molar-refractivity contribution >= 4 is 32.8 Å². The molecule has 0 aromatic carbocycles. The van der Waals surface area contributed by atoms with E-state index in [1.807, 2.05) is 0 Å². The normalized spacial score (nSPS) is 10.7. The first kappa shape index (κ1) is 11.5. The standard InChI is InChI=1S/C8H5BrClF2NO/c1-3-5(9)2-4(7(10)14)6(13-3)8(11)12/h2,8H,1H3. The first-order valence-electron chi connectivity index (χ1n) is 3.58. The molecule has 0 unspecified atom stereocenters. The van der Waals surface area contributed by atoms with Gasteiger partial charge in [-0.15, -0.1) is 0 Å². The Morgan fingerprint density at radius 2 is 2.21 bits per heavy atom. The van der Waals surface area contributed by atoms with E-state index in [9.17, 15) is 13.6 Å². The number of halogens is 4. The Bertz CT molecular complexity index is 384. The van der Waals surface area contributed by atoms with Crippen molar-refractivity contribution in [2.45, 2.75) is 13.3 Å². The van der Waals surface area contributed by atoms with E-state index in [2.05, 4.69) is 20.9 Å². The summed E-state index contributed by atoms with van der Waals surface area (Å²) in [5, 5.41) is -0.937. The molecular weight excluding hydrogens is 279 g/mol. The van der Waals surface area contributed by atoms with Crippen molar-refractivity contribution in [1.82, 2.24) is 4.98 Å². The zero-order valence-corrected chi connectivity index (χ0v) is 9.36. The second-order valence-corrected chi connectivity index (χ2v) is 3.76. The minimum atomic E-state index is -2.81. The maximum absolute atomic E-state index is 12.4. The lowest BCUT2D eigenvalue weighted by molar-refractivity contribution is 0.106. The summed E-state index contributed by atoms with van der Waals surface area (Å²) in [4.78, 5) is 14.4. The molecule has 0 aliphatic carbocycles. The number of hydrogen-bond acceptors (Lipinski definition) is 2. The predicted octanol–water partition coefficient (Wildman–Crippen LogP) is 3.47. The van der Waals surface area contributed by atoms with Crippen LogP contribution in [0.1, 0.15) is 28.2 Å². The van der Waals surface area contributed by atoms with Crippen LogP contribution in [0.4, 0.5) is 8.78 Å². The summed E-state index contributed by atoms with van der Waals surface area (Å²) >= 11 is 8.22. The molecule has 1 aromatic rings. The van der Waals surface area contributed by atoms with Gasteiger partial charge in [-0.1, -0.05) is 0 Å². The average Bonchev–Trinajstić information content (AvgIpc) is 2.08. The van der Waals surface area contributed by atoms with Crippen molar-refractivity contribution in [2.75, 3.05) is 0 Å². The van der Waals surface area contributed by atoms with Gasteiger partial charge in [0, 0.05) is 4.47 Å². The number of nitrogens with zero attached hydrogens (tertiary/aromatic N) is 1. The Hall–Kier alpha value is -0.550. The topological polar surface area (TPSA) is 30.0 Å². The molecule has 0 aliphatic rings. The number of carbonyl (C=O) groups is 1. The minimum Gasteiger partial charge on any atom is -0.276 e. The molecule has 76 valence electrons. The molecule has 1 aromatic heterocycles. The number of aryl methyl sites for hydroxylation is 1. The van der Waals surface area contributed by atoms with Crippen molar-refractivity contribution < 1.29 is 13.6 Å².